The van der Waals surface area contributed by atoms with E-state index in [2.05, 4.69) is 10.6 Å². The van der Waals surface area contributed by atoms with Crippen molar-refractivity contribution in [2.45, 2.75) is 12.8 Å². The van der Waals surface area contributed by atoms with Gasteiger partial charge in [0.25, 0.3) is 5.91 Å². The molecule has 0 bridgehead atoms. The Kier molecular flexibility index (Phi) is 8.30. The van der Waals surface area contributed by atoms with Gasteiger partial charge in [0.15, 0.2) is 11.5 Å². The third-order valence-electron chi connectivity index (χ3n) is 4.07. The fraction of sp³-hybridized carbons (Fsp3) is 0.333. The molecule has 0 radical (unpaired) electrons. The first kappa shape index (κ1) is 21.2. The Balaban J connectivity index is 2.03. The molecule has 2 aromatic rings. The summed E-state index contributed by atoms with van der Waals surface area (Å²) in [5.74, 6) is 0.691. The van der Waals surface area contributed by atoms with Crippen molar-refractivity contribution >= 4 is 17.5 Å². The van der Waals surface area contributed by atoms with Gasteiger partial charge in [0.2, 0.25) is 5.91 Å². The van der Waals surface area contributed by atoms with Gasteiger partial charge in [0, 0.05) is 20.3 Å². The van der Waals surface area contributed by atoms with E-state index in [-0.39, 0.29) is 18.2 Å². The number of methoxy groups -OCH3 is 3. The zero-order valence-corrected chi connectivity index (χ0v) is 16.4. The third kappa shape index (κ3) is 5.99. The van der Waals surface area contributed by atoms with Crippen LogP contribution in [0.25, 0.3) is 0 Å². The van der Waals surface area contributed by atoms with Crippen molar-refractivity contribution in [1.29, 1.82) is 0 Å². The van der Waals surface area contributed by atoms with E-state index in [0.29, 0.717) is 35.9 Å². The summed E-state index contributed by atoms with van der Waals surface area (Å²) in [4.78, 5) is 24.9. The van der Waals surface area contributed by atoms with E-state index in [1.165, 1.54) is 0 Å². The van der Waals surface area contributed by atoms with Crippen LogP contribution in [0.3, 0.4) is 0 Å². The largest absolute Gasteiger partial charge is 0.493 e. The van der Waals surface area contributed by atoms with Gasteiger partial charge < -0.3 is 24.8 Å². The van der Waals surface area contributed by atoms with Crippen LogP contribution < -0.4 is 20.1 Å². The van der Waals surface area contributed by atoms with E-state index in [4.69, 9.17) is 14.2 Å². The SMILES string of the molecule is COCCCNC(=O)c1ccccc1NC(=O)Cc1ccc(OC)c(OC)c1. The fourth-order valence-corrected chi connectivity index (χ4v) is 2.67. The first-order chi connectivity index (χ1) is 13.6. The molecular weight excluding hydrogens is 360 g/mol. The Morgan fingerprint density at radius 3 is 2.43 bits per heavy atom. The Labute approximate surface area is 165 Å². The summed E-state index contributed by atoms with van der Waals surface area (Å²) in [6.45, 7) is 1.07. The number of rotatable bonds is 10. The number of hydrogen-bond acceptors (Lipinski definition) is 5. The van der Waals surface area contributed by atoms with Crippen molar-refractivity contribution in [3.63, 3.8) is 0 Å². The fourth-order valence-electron chi connectivity index (χ4n) is 2.67. The lowest BCUT2D eigenvalue weighted by Gasteiger charge is -2.12. The summed E-state index contributed by atoms with van der Waals surface area (Å²) in [5, 5.41) is 5.64. The van der Waals surface area contributed by atoms with Crippen LogP contribution in [0.4, 0.5) is 5.69 Å². The van der Waals surface area contributed by atoms with Gasteiger partial charge in [0.1, 0.15) is 0 Å². The summed E-state index contributed by atoms with van der Waals surface area (Å²) >= 11 is 0. The number of carbonyl (C=O) groups is 2. The van der Waals surface area contributed by atoms with Gasteiger partial charge >= 0.3 is 0 Å². The molecule has 0 saturated carbocycles. The minimum atomic E-state index is -0.238. The molecule has 0 aliphatic carbocycles. The van der Waals surface area contributed by atoms with E-state index in [1.807, 2.05) is 0 Å². The minimum Gasteiger partial charge on any atom is -0.493 e. The van der Waals surface area contributed by atoms with E-state index in [1.54, 1.807) is 63.8 Å². The second-order valence-electron chi connectivity index (χ2n) is 6.06. The van der Waals surface area contributed by atoms with Crippen LogP contribution in [-0.4, -0.2) is 46.3 Å². The number of benzene rings is 2. The Morgan fingerprint density at radius 2 is 1.71 bits per heavy atom. The second-order valence-corrected chi connectivity index (χ2v) is 6.06. The van der Waals surface area contributed by atoms with Crippen molar-refractivity contribution in [1.82, 2.24) is 5.32 Å². The first-order valence-corrected chi connectivity index (χ1v) is 8.96. The van der Waals surface area contributed by atoms with Crippen LogP contribution in [0.15, 0.2) is 42.5 Å². The van der Waals surface area contributed by atoms with Crippen molar-refractivity contribution in [3.05, 3.63) is 53.6 Å². The summed E-state index contributed by atoms with van der Waals surface area (Å²) in [6.07, 6.45) is 0.861. The molecule has 2 rings (SSSR count). The number of anilines is 1. The Hall–Kier alpha value is -3.06. The topological polar surface area (TPSA) is 85.9 Å². The zero-order chi connectivity index (χ0) is 20.4. The molecule has 0 spiro atoms. The minimum absolute atomic E-state index is 0.143. The smallest absolute Gasteiger partial charge is 0.253 e. The molecule has 2 N–H and O–H groups in total. The monoisotopic (exact) mass is 386 g/mol. The van der Waals surface area contributed by atoms with Crippen LogP contribution in [-0.2, 0) is 16.0 Å². The number of hydrogen-bond donors (Lipinski definition) is 2. The van der Waals surface area contributed by atoms with Gasteiger partial charge in [0.05, 0.1) is 31.9 Å². The Morgan fingerprint density at radius 1 is 0.964 bits per heavy atom. The van der Waals surface area contributed by atoms with Gasteiger partial charge in [-0.15, -0.1) is 0 Å². The molecular formula is C21H26N2O5. The van der Waals surface area contributed by atoms with Gasteiger partial charge in [-0.1, -0.05) is 18.2 Å². The molecule has 0 aromatic heterocycles. The summed E-state index contributed by atoms with van der Waals surface area (Å²) < 4.78 is 15.4. The maximum absolute atomic E-state index is 12.5. The van der Waals surface area contributed by atoms with Crippen LogP contribution in [0, 0.1) is 0 Å². The van der Waals surface area contributed by atoms with E-state index in [0.717, 1.165) is 12.0 Å². The van der Waals surface area contributed by atoms with Crippen molar-refractivity contribution in [2.24, 2.45) is 0 Å². The van der Waals surface area contributed by atoms with Crippen LogP contribution in [0.5, 0.6) is 11.5 Å². The van der Waals surface area contributed by atoms with Gasteiger partial charge in [-0.3, -0.25) is 9.59 Å². The predicted molar refractivity (Wildman–Crippen MR) is 107 cm³/mol. The summed E-state index contributed by atoms with van der Waals surface area (Å²) in [7, 11) is 4.72. The van der Waals surface area contributed by atoms with Crippen molar-refractivity contribution < 1.29 is 23.8 Å². The molecule has 0 unspecified atom stereocenters. The van der Waals surface area contributed by atoms with E-state index < -0.39 is 0 Å². The average Bonchev–Trinajstić information content (AvgIpc) is 2.71. The first-order valence-electron chi connectivity index (χ1n) is 8.96. The zero-order valence-electron chi connectivity index (χ0n) is 16.4. The van der Waals surface area contributed by atoms with Crippen LogP contribution >= 0.6 is 0 Å². The van der Waals surface area contributed by atoms with Crippen molar-refractivity contribution in [3.8, 4) is 11.5 Å². The van der Waals surface area contributed by atoms with Crippen LogP contribution in [0.1, 0.15) is 22.3 Å². The lowest BCUT2D eigenvalue weighted by molar-refractivity contribution is -0.115. The molecule has 28 heavy (non-hydrogen) atoms. The highest BCUT2D eigenvalue weighted by Crippen LogP contribution is 2.27. The maximum Gasteiger partial charge on any atom is 0.253 e. The second kappa shape index (κ2) is 10.9. The molecule has 0 heterocycles. The highest BCUT2D eigenvalue weighted by molar-refractivity contribution is 6.04. The molecule has 2 amide bonds. The quantitative estimate of drug-likeness (QED) is 0.613. The maximum atomic E-state index is 12.5. The molecule has 7 nitrogen and oxygen atoms in total. The van der Waals surface area contributed by atoms with E-state index >= 15 is 0 Å². The highest BCUT2D eigenvalue weighted by atomic mass is 16.5. The normalized spacial score (nSPS) is 10.2. The molecule has 0 aliphatic heterocycles. The van der Waals surface area contributed by atoms with Gasteiger partial charge in [-0.25, -0.2) is 0 Å². The standard InChI is InChI=1S/C21H26N2O5/c1-26-12-6-11-22-21(25)16-7-4-5-8-17(16)23-20(24)14-15-9-10-18(27-2)19(13-15)28-3/h4-5,7-10,13H,6,11-12,14H2,1-3H3,(H,22,25)(H,23,24). The number of ether oxygens (including phenoxy) is 3. The molecule has 0 atom stereocenters. The molecule has 7 heteroatoms. The summed E-state index contributed by atoms with van der Waals surface area (Å²) in [5.41, 5.74) is 1.66. The van der Waals surface area contributed by atoms with Crippen molar-refractivity contribution in [2.75, 3.05) is 39.8 Å². The lowest BCUT2D eigenvalue weighted by atomic mass is 10.1. The molecule has 0 aliphatic rings. The molecule has 0 fully saturated rings. The number of carbonyl (C=O) groups excluding carboxylic acids is 2. The Bertz CT molecular complexity index is 807. The van der Waals surface area contributed by atoms with Gasteiger partial charge in [-0.05, 0) is 36.2 Å². The number of para-hydroxylation sites is 1. The summed E-state index contributed by atoms with van der Waals surface area (Å²) in [6, 6.07) is 12.2. The van der Waals surface area contributed by atoms with E-state index in [9.17, 15) is 9.59 Å². The number of amides is 2. The van der Waals surface area contributed by atoms with Gasteiger partial charge in [-0.2, -0.15) is 0 Å². The molecule has 0 saturated heterocycles. The van der Waals surface area contributed by atoms with Crippen LogP contribution in [0.2, 0.25) is 0 Å². The molecule has 2 aromatic carbocycles. The lowest BCUT2D eigenvalue weighted by Crippen LogP contribution is -2.27. The highest BCUT2D eigenvalue weighted by Gasteiger charge is 2.14. The molecule has 150 valence electrons. The third-order valence-corrected chi connectivity index (χ3v) is 4.07. The number of nitrogens with one attached hydrogen (secondary N) is 2. The average molecular weight is 386 g/mol. The predicted octanol–water partition coefficient (Wildman–Crippen LogP) is 2.65.